The molecule has 3 aromatic rings. The van der Waals surface area contributed by atoms with Crippen molar-refractivity contribution in [3.8, 4) is 11.1 Å². The van der Waals surface area contributed by atoms with Crippen LogP contribution in [0.1, 0.15) is 10.4 Å². The summed E-state index contributed by atoms with van der Waals surface area (Å²) in [7, 11) is 0. The molecule has 0 atom stereocenters. The third kappa shape index (κ3) is 2.01. The fraction of sp³-hybridized carbons (Fsp3) is 0. The van der Waals surface area contributed by atoms with Crippen LogP contribution in [0.2, 0.25) is 0 Å². The van der Waals surface area contributed by atoms with E-state index in [9.17, 15) is 13.6 Å². The summed E-state index contributed by atoms with van der Waals surface area (Å²) in [5.74, 6) is -1.25. The van der Waals surface area contributed by atoms with Crippen molar-refractivity contribution in [1.29, 1.82) is 0 Å². The number of carbonyl (C=O) groups is 1. The predicted octanol–water partition coefficient (Wildman–Crippen LogP) is 3.93. The molecule has 0 aliphatic carbocycles. The smallest absolute Gasteiger partial charge is 0.152 e. The maximum Gasteiger partial charge on any atom is 0.152 e. The molecule has 0 saturated carbocycles. The molecular weight excluding hydrogens is 248 g/mol. The number of H-pyrrole nitrogens is 1. The van der Waals surface area contributed by atoms with Crippen molar-refractivity contribution in [1.82, 2.24) is 4.98 Å². The molecule has 94 valence electrons. The van der Waals surface area contributed by atoms with Gasteiger partial charge in [-0.25, -0.2) is 8.78 Å². The van der Waals surface area contributed by atoms with Gasteiger partial charge in [0.1, 0.15) is 11.6 Å². The van der Waals surface area contributed by atoms with E-state index in [0.29, 0.717) is 16.7 Å². The monoisotopic (exact) mass is 257 g/mol. The summed E-state index contributed by atoms with van der Waals surface area (Å²) in [4.78, 5) is 13.9. The molecule has 0 unspecified atom stereocenters. The minimum Gasteiger partial charge on any atom is -0.360 e. The number of halogens is 2. The molecule has 1 aromatic heterocycles. The zero-order chi connectivity index (χ0) is 13.4. The summed E-state index contributed by atoms with van der Waals surface area (Å²) in [5.41, 5.74) is 2.43. The second-order valence-corrected chi connectivity index (χ2v) is 4.28. The van der Waals surface area contributed by atoms with Crippen molar-refractivity contribution in [2.24, 2.45) is 0 Å². The van der Waals surface area contributed by atoms with Gasteiger partial charge in [-0.05, 0) is 35.4 Å². The van der Waals surface area contributed by atoms with E-state index >= 15 is 0 Å². The average Bonchev–Trinajstić information content (AvgIpc) is 2.79. The third-order valence-corrected chi connectivity index (χ3v) is 3.04. The number of hydrogen-bond acceptors (Lipinski definition) is 1. The molecule has 4 heteroatoms. The number of rotatable bonds is 2. The normalized spacial score (nSPS) is 10.8. The number of aldehydes is 1. The molecule has 0 radical (unpaired) electrons. The van der Waals surface area contributed by atoms with Crippen LogP contribution in [0.15, 0.2) is 42.6 Å². The molecule has 1 heterocycles. The van der Waals surface area contributed by atoms with E-state index in [1.807, 2.05) is 0 Å². The molecule has 2 aromatic carbocycles. The first kappa shape index (κ1) is 11.6. The SMILES string of the molecule is O=Cc1c[nH]c2ccc(-c3cc(F)cc(F)c3)cc12. The summed E-state index contributed by atoms with van der Waals surface area (Å²) >= 11 is 0. The van der Waals surface area contributed by atoms with Gasteiger partial charge < -0.3 is 4.98 Å². The fourth-order valence-electron chi connectivity index (χ4n) is 2.14. The van der Waals surface area contributed by atoms with Crippen LogP contribution >= 0.6 is 0 Å². The highest BCUT2D eigenvalue weighted by Crippen LogP contribution is 2.26. The van der Waals surface area contributed by atoms with E-state index in [1.54, 1.807) is 24.4 Å². The van der Waals surface area contributed by atoms with Crippen LogP contribution in [0.3, 0.4) is 0 Å². The molecule has 0 bridgehead atoms. The lowest BCUT2D eigenvalue weighted by Crippen LogP contribution is -1.84. The van der Waals surface area contributed by atoms with Gasteiger partial charge in [0.05, 0.1) is 0 Å². The second kappa shape index (κ2) is 4.31. The van der Waals surface area contributed by atoms with Crippen LogP contribution in [0.4, 0.5) is 8.78 Å². The van der Waals surface area contributed by atoms with Gasteiger partial charge in [-0.15, -0.1) is 0 Å². The van der Waals surface area contributed by atoms with E-state index in [0.717, 1.165) is 23.3 Å². The summed E-state index contributed by atoms with van der Waals surface area (Å²) < 4.78 is 26.4. The number of aromatic amines is 1. The molecule has 0 fully saturated rings. The lowest BCUT2D eigenvalue weighted by Gasteiger charge is -2.03. The Bertz CT molecular complexity index is 757. The maximum atomic E-state index is 13.2. The zero-order valence-corrected chi connectivity index (χ0v) is 9.78. The van der Waals surface area contributed by atoms with E-state index in [1.165, 1.54) is 12.1 Å². The Morgan fingerprint density at radius 2 is 1.68 bits per heavy atom. The first-order chi connectivity index (χ1) is 9.17. The second-order valence-electron chi connectivity index (χ2n) is 4.28. The van der Waals surface area contributed by atoms with Gasteiger partial charge in [0.15, 0.2) is 6.29 Å². The molecule has 0 aliphatic rings. The van der Waals surface area contributed by atoms with E-state index in [-0.39, 0.29) is 0 Å². The number of carbonyl (C=O) groups excluding carboxylic acids is 1. The van der Waals surface area contributed by atoms with Crippen LogP contribution in [0.5, 0.6) is 0 Å². The van der Waals surface area contributed by atoms with Crippen molar-refractivity contribution in [2.75, 3.05) is 0 Å². The lowest BCUT2D eigenvalue weighted by atomic mass is 10.0. The van der Waals surface area contributed by atoms with Gasteiger partial charge in [0.25, 0.3) is 0 Å². The minimum atomic E-state index is -0.625. The number of hydrogen-bond donors (Lipinski definition) is 1. The number of aromatic nitrogens is 1. The van der Waals surface area contributed by atoms with Gasteiger partial charge in [-0.2, -0.15) is 0 Å². The Balaban J connectivity index is 2.21. The zero-order valence-electron chi connectivity index (χ0n) is 9.78. The molecular formula is C15H9F2NO. The number of fused-ring (bicyclic) bond motifs is 1. The van der Waals surface area contributed by atoms with Gasteiger partial charge in [-0.3, -0.25) is 4.79 Å². The van der Waals surface area contributed by atoms with E-state index < -0.39 is 11.6 Å². The summed E-state index contributed by atoms with van der Waals surface area (Å²) in [6.45, 7) is 0. The highest BCUT2D eigenvalue weighted by Gasteiger charge is 2.07. The fourth-order valence-corrected chi connectivity index (χ4v) is 2.14. The quantitative estimate of drug-likeness (QED) is 0.693. The van der Waals surface area contributed by atoms with Gasteiger partial charge in [0, 0.05) is 28.7 Å². The first-order valence-corrected chi connectivity index (χ1v) is 5.70. The molecule has 19 heavy (non-hydrogen) atoms. The van der Waals surface area contributed by atoms with Crippen molar-refractivity contribution >= 4 is 17.2 Å². The van der Waals surface area contributed by atoms with Crippen LogP contribution in [0, 0.1) is 11.6 Å². The summed E-state index contributed by atoms with van der Waals surface area (Å²) in [5, 5.41) is 0.733. The van der Waals surface area contributed by atoms with Crippen molar-refractivity contribution in [2.45, 2.75) is 0 Å². The maximum absolute atomic E-state index is 13.2. The summed E-state index contributed by atoms with van der Waals surface area (Å²) in [6.07, 6.45) is 2.35. The Morgan fingerprint density at radius 3 is 2.37 bits per heavy atom. The Morgan fingerprint density at radius 1 is 0.947 bits per heavy atom. The first-order valence-electron chi connectivity index (χ1n) is 5.70. The number of nitrogens with one attached hydrogen (secondary N) is 1. The number of benzene rings is 2. The van der Waals surface area contributed by atoms with Crippen LogP contribution in [0.25, 0.3) is 22.0 Å². The highest BCUT2D eigenvalue weighted by atomic mass is 19.1. The van der Waals surface area contributed by atoms with Gasteiger partial charge in [-0.1, -0.05) is 6.07 Å². The van der Waals surface area contributed by atoms with E-state index in [4.69, 9.17) is 0 Å². The molecule has 0 spiro atoms. The summed E-state index contributed by atoms with van der Waals surface area (Å²) in [6, 6.07) is 8.62. The van der Waals surface area contributed by atoms with Crippen molar-refractivity contribution in [3.63, 3.8) is 0 Å². The van der Waals surface area contributed by atoms with Crippen LogP contribution < -0.4 is 0 Å². The van der Waals surface area contributed by atoms with E-state index in [2.05, 4.69) is 4.98 Å². The van der Waals surface area contributed by atoms with Crippen LogP contribution in [-0.2, 0) is 0 Å². The average molecular weight is 257 g/mol. The van der Waals surface area contributed by atoms with Gasteiger partial charge in [0.2, 0.25) is 0 Å². The molecule has 1 N–H and O–H groups in total. The highest BCUT2D eigenvalue weighted by molar-refractivity contribution is 5.99. The lowest BCUT2D eigenvalue weighted by molar-refractivity contribution is 0.112. The standard InChI is InChI=1S/C15H9F2NO/c16-12-3-10(4-13(17)6-12)9-1-2-15-14(5-9)11(8-19)7-18-15/h1-8,18H. The Labute approximate surface area is 107 Å². The topological polar surface area (TPSA) is 32.9 Å². The van der Waals surface area contributed by atoms with Crippen molar-refractivity contribution < 1.29 is 13.6 Å². The van der Waals surface area contributed by atoms with Crippen molar-refractivity contribution in [3.05, 3.63) is 59.8 Å². The molecule has 3 rings (SSSR count). The Kier molecular flexibility index (Phi) is 2.63. The molecule has 0 amide bonds. The Hall–Kier alpha value is -2.49. The minimum absolute atomic E-state index is 0.442. The predicted molar refractivity (Wildman–Crippen MR) is 69.0 cm³/mol. The molecule has 0 saturated heterocycles. The van der Waals surface area contributed by atoms with Gasteiger partial charge >= 0.3 is 0 Å². The largest absolute Gasteiger partial charge is 0.360 e. The third-order valence-electron chi connectivity index (χ3n) is 3.04. The van der Waals surface area contributed by atoms with Crippen LogP contribution in [-0.4, -0.2) is 11.3 Å². The molecule has 2 nitrogen and oxygen atoms in total. The molecule has 0 aliphatic heterocycles.